The van der Waals surface area contributed by atoms with Gasteiger partial charge in [0.25, 0.3) is 5.91 Å². The first-order valence-corrected chi connectivity index (χ1v) is 12.1. The van der Waals surface area contributed by atoms with Crippen LogP contribution in [-0.4, -0.2) is 40.0 Å². The van der Waals surface area contributed by atoms with E-state index < -0.39 is 0 Å². The monoisotopic (exact) mass is 425 g/mol. The van der Waals surface area contributed by atoms with Gasteiger partial charge in [-0.15, -0.1) is 0 Å². The standard InChI is InChI=1S/C28H31N3O/c1-28-18-23-22(17-19-9-3-2-4-10-19)30-24(28)13-7-8-14-25(28)31(23)27(32)26-21-12-6-5-11-20(21)15-16-29-26/h2-6,9-12,15-16,22-25,30H,7-8,13-14,17-18H2,1H3/t22-,23-,24+,25-,28+/m0/s1. The summed E-state index contributed by atoms with van der Waals surface area (Å²) < 4.78 is 0. The smallest absolute Gasteiger partial charge is 0.273 e. The Morgan fingerprint density at radius 1 is 1.06 bits per heavy atom. The van der Waals surface area contributed by atoms with Gasteiger partial charge in [-0.2, -0.15) is 0 Å². The number of benzene rings is 2. The Balaban J connectivity index is 1.42. The van der Waals surface area contributed by atoms with Crippen molar-refractivity contribution in [3.05, 3.63) is 78.1 Å². The number of rotatable bonds is 3. The van der Waals surface area contributed by atoms with Crippen LogP contribution in [0.4, 0.5) is 0 Å². The summed E-state index contributed by atoms with van der Waals surface area (Å²) in [7, 11) is 0. The van der Waals surface area contributed by atoms with Crippen LogP contribution in [0, 0.1) is 5.41 Å². The van der Waals surface area contributed by atoms with Gasteiger partial charge in [0.05, 0.1) is 0 Å². The summed E-state index contributed by atoms with van der Waals surface area (Å²) >= 11 is 0. The van der Waals surface area contributed by atoms with E-state index in [0.29, 0.717) is 11.7 Å². The number of carbonyl (C=O) groups excluding carboxylic acids is 1. The van der Waals surface area contributed by atoms with Crippen LogP contribution in [0.15, 0.2) is 66.9 Å². The summed E-state index contributed by atoms with van der Waals surface area (Å²) in [6, 6.07) is 22.1. The third kappa shape index (κ3) is 3.07. The zero-order valence-corrected chi connectivity index (χ0v) is 18.7. The van der Waals surface area contributed by atoms with Crippen molar-refractivity contribution >= 4 is 16.7 Å². The highest BCUT2D eigenvalue weighted by atomic mass is 16.2. The van der Waals surface area contributed by atoms with E-state index in [-0.39, 0.29) is 29.4 Å². The number of fused-ring (bicyclic) bond motifs is 2. The van der Waals surface area contributed by atoms with E-state index in [2.05, 4.69) is 58.5 Å². The maximum Gasteiger partial charge on any atom is 0.273 e. The summed E-state index contributed by atoms with van der Waals surface area (Å²) in [4.78, 5) is 21.1. The average Bonchev–Trinajstić information content (AvgIpc) is 2.97. The number of amides is 1. The Bertz CT molecular complexity index is 1140. The Morgan fingerprint density at radius 3 is 2.72 bits per heavy atom. The van der Waals surface area contributed by atoms with Crippen molar-refractivity contribution in [1.82, 2.24) is 15.2 Å². The van der Waals surface area contributed by atoms with E-state index in [1.54, 1.807) is 6.20 Å². The van der Waals surface area contributed by atoms with Crippen molar-refractivity contribution in [2.45, 2.75) is 69.6 Å². The lowest BCUT2D eigenvalue weighted by atomic mass is 9.70. The van der Waals surface area contributed by atoms with Crippen LogP contribution >= 0.6 is 0 Å². The first kappa shape index (κ1) is 19.9. The highest BCUT2D eigenvalue weighted by Crippen LogP contribution is 2.52. The van der Waals surface area contributed by atoms with Crippen LogP contribution in [0.5, 0.6) is 0 Å². The Morgan fingerprint density at radius 2 is 1.84 bits per heavy atom. The number of aromatic nitrogens is 1. The molecule has 0 spiro atoms. The van der Waals surface area contributed by atoms with Crippen molar-refractivity contribution in [1.29, 1.82) is 0 Å². The number of nitrogens with zero attached hydrogens (tertiary/aromatic N) is 2. The average molecular weight is 426 g/mol. The van der Waals surface area contributed by atoms with Crippen LogP contribution < -0.4 is 5.32 Å². The molecule has 1 aromatic heterocycles. The largest absolute Gasteiger partial charge is 0.329 e. The number of hydrogen-bond donors (Lipinski definition) is 1. The van der Waals surface area contributed by atoms with Gasteiger partial charge in [0, 0.05) is 41.2 Å². The lowest BCUT2D eigenvalue weighted by Crippen LogP contribution is -2.57. The molecule has 6 rings (SSSR count). The maximum absolute atomic E-state index is 14.2. The van der Waals surface area contributed by atoms with Crippen molar-refractivity contribution < 1.29 is 4.79 Å². The van der Waals surface area contributed by atoms with Gasteiger partial charge in [0.2, 0.25) is 0 Å². The third-order valence-electron chi connectivity index (χ3n) is 8.41. The fraction of sp³-hybridized carbons (Fsp3) is 0.429. The van der Waals surface area contributed by atoms with Crippen LogP contribution in [0.25, 0.3) is 10.8 Å². The molecule has 1 N–H and O–H groups in total. The number of likely N-dealkylation sites (tertiary alicyclic amines) is 1. The number of carbonyl (C=O) groups is 1. The predicted octanol–water partition coefficient (Wildman–Crippen LogP) is 4.98. The zero-order chi connectivity index (χ0) is 21.7. The molecule has 2 aromatic carbocycles. The maximum atomic E-state index is 14.2. The van der Waals surface area contributed by atoms with E-state index in [9.17, 15) is 4.79 Å². The minimum Gasteiger partial charge on any atom is -0.329 e. The van der Waals surface area contributed by atoms with E-state index in [1.807, 2.05) is 24.3 Å². The highest BCUT2D eigenvalue weighted by molar-refractivity contribution is 6.05. The molecule has 32 heavy (non-hydrogen) atoms. The van der Waals surface area contributed by atoms with E-state index in [0.717, 1.165) is 30.0 Å². The third-order valence-corrected chi connectivity index (χ3v) is 8.41. The van der Waals surface area contributed by atoms with E-state index in [4.69, 9.17) is 0 Å². The predicted molar refractivity (Wildman–Crippen MR) is 128 cm³/mol. The molecule has 3 heterocycles. The molecule has 2 aliphatic heterocycles. The molecule has 4 nitrogen and oxygen atoms in total. The van der Waals surface area contributed by atoms with Crippen molar-refractivity contribution in [2.24, 2.45) is 5.41 Å². The van der Waals surface area contributed by atoms with E-state index in [1.165, 1.54) is 24.8 Å². The Hall–Kier alpha value is -2.72. The molecular weight excluding hydrogens is 394 g/mol. The minimum atomic E-state index is 0.114. The number of piperidine rings is 1. The number of pyridine rings is 1. The van der Waals surface area contributed by atoms with Crippen LogP contribution in [-0.2, 0) is 6.42 Å². The molecule has 1 amide bonds. The molecule has 3 aliphatic rings. The molecule has 5 atom stereocenters. The van der Waals surface area contributed by atoms with Gasteiger partial charge in [0.1, 0.15) is 5.69 Å². The first-order chi connectivity index (χ1) is 15.6. The first-order valence-electron chi connectivity index (χ1n) is 12.1. The van der Waals surface area contributed by atoms with Crippen LogP contribution in [0.2, 0.25) is 0 Å². The van der Waals surface area contributed by atoms with Gasteiger partial charge >= 0.3 is 0 Å². The highest BCUT2D eigenvalue weighted by Gasteiger charge is 2.60. The van der Waals surface area contributed by atoms with Gasteiger partial charge in [-0.1, -0.05) is 74.4 Å². The second kappa shape index (κ2) is 7.70. The quantitative estimate of drug-likeness (QED) is 0.644. The summed E-state index contributed by atoms with van der Waals surface area (Å²) in [6.07, 6.45) is 8.57. The van der Waals surface area contributed by atoms with Gasteiger partial charge in [0.15, 0.2) is 0 Å². The molecule has 3 fully saturated rings. The van der Waals surface area contributed by atoms with E-state index >= 15 is 0 Å². The second-order valence-electron chi connectivity index (χ2n) is 10.2. The second-order valence-corrected chi connectivity index (χ2v) is 10.2. The van der Waals surface area contributed by atoms with Gasteiger partial charge in [-0.3, -0.25) is 9.78 Å². The topological polar surface area (TPSA) is 45.2 Å². The summed E-state index contributed by atoms with van der Waals surface area (Å²) in [6.45, 7) is 2.43. The summed E-state index contributed by atoms with van der Waals surface area (Å²) in [5.41, 5.74) is 2.08. The molecule has 164 valence electrons. The molecule has 0 unspecified atom stereocenters. The molecule has 0 radical (unpaired) electrons. The normalized spacial score (nSPS) is 31.5. The Labute approximate surface area is 190 Å². The summed E-state index contributed by atoms with van der Waals surface area (Å²) in [5.74, 6) is 0.114. The molecule has 1 saturated carbocycles. The fourth-order valence-electron chi connectivity index (χ4n) is 6.84. The summed E-state index contributed by atoms with van der Waals surface area (Å²) in [5, 5.41) is 6.08. The lowest BCUT2D eigenvalue weighted by molar-refractivity contribution is 0.0608. The fourth-order valence-corrected chi connectivity index (χ4v) is 6.84. The molecule has 2 bridgehead atoms. The van der Waals surface area contributed by atoms with Crippen molar-refractivity contribution in [3.63, 3.8) is 0 Å². The lowest BCUT2D eigenvalue weighted by Gasteiger charge is -2.43. The number of nitrogens with one attached hydrogen (secondary N) is 1. The SMILES string of the molecule is C[C@@]12C[C@H]3[C@H](Cc4ccccc4)N[C@@H]1CCCC[C@@H]2N3C(=O)c1nccc2ccccc12. The van der Waals surface area contributed by atoms with Gasteiger partial charge < -0.3 is 10.2 Å². The Kier molecular flexibility index (Phi) is 4.80. The van der Waals surface area contributed by atoms with Crippen molar-refractivity contribution in [2.75, 3.05) is 0 Å². The van der Waals surface area contributed by atoms with Crippen molar-refractivity contribution in [3.8, 4) is 0 Å². The zero-order valence-electron chi connectivity index (χ0n) is 18.7. The van der Waals surface area contributed by atoms with Gasteiger partial charge in [-0.25, -0.2) is 0 Å². The minimum absolute atomic E-state index is 0.114. The molecule has 1 aliphatic carbocycles. The number of hydrogen-bond acceptors (Lipinski definition) is 3. The molecule has 3 aromatic rings. The van der Waals surface area contributed by atoms with Crippen LogP contribution in [0.3, 0.4) is 0 Å². The van der Waals surface area contributed by atoms with Gasteiger partial charge in [-0.05, 0) is 42.7 Å². The molecule has 2 saturated heterocycles. The molecular formula is C28H31N3O. The van der Waals surface area contributed by atoms with Crippen LogP contribution in [0.1, 0.15) is 55.1 Å². The molecule has 4 heteroatoms.